The van der Waals surface area contributed by atoms with Gasteiger partial charge in [0.25, 0.3) is 0 Å². The first-order valence-electron chi connectivity index (χ1n) is 7.20. The van der Waals surface area contributed by atoms with Crippen molar-refractivity contribution in [2.75, 3.05) is 5.32 Å². The normalized spacial score (nSPS) is 12.3. The van der Waals surface area contributed by atoms with Gasteiger partial charge in [0.1, 0.15) is 0 Å². The summed E-state index contributed by atoms with van der Waals surface area (Å²) < 4.78 is 4.85. The van der Waals surface area contributed by atoms with E-state index >= 15 is 0 Å². The molecular weight excluding hydrogens is 342 g/mol. The molecule has 0 spiro atoms. The highest BCUT2D eigenvalue weighted by atomic mass is 79.9. The maximum atomic E-state index is 4.28. The van der Waals surface area contributed by atoms with Gasteiger partial charge in [-0.3, -0.25) is 9.36 Å². The fraction of sp³-hybridized carbons (Fsp3) is 0.250. The van der Waals surface area contributed by atoms with E-state index in [1.807, 2.05) is 27.8 Å². The number of hydrogen-bond acceptors (Lipinski definition) is 3. The van der Waals surface area contributed by atoms with Gasteiger partial charge >= 0.3 is 0 Å². The lowest BCUT2D eigenvalue weighted by Crippen LogP contribution is -2.22. The molecule has 22 heavy (non-hydrogen) atoms. The Labute approximate surface area is 138 Å². The first-order valence-corrected chi connectivity index (χ1v) is 7.99. The van der Waals surface area contributed by atoms with Crippen LogP contribution in [0, 0.1) is 0 Å². The third-order valence-electron chi connectivity index (χ3n) is 3.31. The molecule has 3 aromatic rings. The molecule has 0 amide bonds. The van der Waals surface area contributed by atoms with E-state index in [2.05, 4.69) is 62.6 Å². The van der Waals surface area contributed by atoms with Crippen molar-refractivity contribution in [2.45, 2.75) is 26.1 Å². The van der Waals surface area contributed by atoms with Gasteiger partial charge in [-0.2, -0.15) is 10.2 Å². The van der Waals surface area contributed by atoms with Gasteiger partial charge in [-0.05, 0) is 46.6 Å². The Balaban J connectivity index is 1.62. The van der Waals surface area contributed by atoms with Crippen LogP contribution in [-0.2, 0) is 13.1 Å². The van der Waals surface area contributed by atoms with Crippen LogP contribution in [0.1, 0.15) is 12.5 Å². The lowest BCUT2D eigenvalue weighted by molar-refractivity contribution is 0.560. The zero-order chi connectivity index (χ0) is 15.4. The van der Waals surface area contributed by atoms with Crippen LogP contribution >= 0.6 is 15.9 Å². The molecule has 6 heteroatoms. The summed E-state index contributed by atoms with van der Waals surface area (Å²) in [5.74, 6) is 0. The van der Waals surface area contributed by atoms with Gasteiger partial charge in [0.05, 0.1) is 23.8 Å². The number of hydrogen-bond donors (Lipinski definition) is 1. The number of benzene rings is 1. The van der Waals surface area contributed by atoms with E-state index < -0.39 is 0 Å². The molecule has 2 aromatic heterocycles. The van der Waals surface area contributed by atoms with Gasteiger partial charge in [-0.25, -0.2) is 0 Å². The summed E-state index contributed by atoms with van der Waals surface area (Å²) in [5, 5.41) is 12.0. The Kier molecular flexibility index (Phi) is 4.58. The van der Waals surface area contributed by atoms with Gasteiger partial charge < -0.3 is 5.32 Å². The van der Waals surface area contributed by atoms with Crippen molar-refractivity contribution in [2.24, 2.45) is 0 Å². The van der Waals surface area contributed by atoms with E-state index in [0.29, 0.717) is 0 Å². The molecule has 0 fully saturated rings. The molecule has 3 rings (SSSR count). The highest BCUT2D eigenvalue weighted by Crippen LogP contribution is 2.14. The predicted molar refractivity (Wildman–Crippen MR) is 90.8 cm³/mol. The molecule has 0 radical (unpaired) electrons. The molecule has 1 atom stereocenters. The summed E-state index contributed by atoms with van der Waals surface area (Å²) in [6.07, 6.45) is 7.55. The molecule has 0 saturated carbocycles. The molecule has 1 N–H and O–H groups in total. The Bertz CT molecular complexity index is 720. The number of halogens is 1. The summed E-state index contributed by atoms with van der Waals surface area (Å²) in [5.41, 5.74) is 2.34. The molecule has 0 aliphatic rings. The van der Waals surface area contributed by atoms with Gasteiger partial charge in [-0.15, -0.1) is 0 Å². The third-order valence-corrected chi connectivity index (χ3v) is 3.72. The van der Waals surface area contributed by atoms with Crippen molar-refractivity contribution in [1.29, 1.82) is 0 Å². The maximum absolute atomic E-state index is 4.28. The average Bonchev–Trinajstić information content (AvgIpc) is 3.11. The minimum atomic E-state index is 0.284. The Morgan fingerprint density at radius 3 is 2.86 bits per heavy atom. The van der Waals surface area contributed by atoms with Crippen molar-refractivity contribution in [3.05, 3.63) is 65.2 Å². The molecule has 0 aliphatic carbocycles. The van der Waals surface area contributed by atoms with Crippen molar-refractivity contribution in [3.63, 3.8) is 0 Å². The monoisotopic (exact) mass is 359 g/mol. The smallest absolute Gasteiger partial charge is 0.0660 e. The first kappa shape index (κ1) is 14.8. The van der Waals surface area contributed by atoms with Crippen LogP contribution < -0.4 is 5.32 Å². The van der Waals surface area contributed by atoms with Gasteiger partial charge in [0.2, 0.25) is 0 Å². The zero-order valence-electron chi connectivity index (χ0n) is 12.4. The van der Waals surface area contributed by atoms with Crippen LogP contribution in [-0.4, -0.2) is 25.6 Å². The Morgan fingerprint density at radius 1 is 1.23 bits per heavy atom. The van der Waals surface area contributed by atoms with Crippen LogP contribution in [0.2, 0.25) is 0 Å². The molecule has 0 aliphatic heterocycles. The van der Waals surface area contributed by atoms with Crippen molar-refractivity contribution in [1.82, 2.24) is 19.6 Å². The zero-order valence-corrected chi connectivity index (χ0v) is 13.9. The first-order chi connectivity index (χ1) is 10.7. The Morgan fingerprint density at radius 2 is 2.14 bits per heavy atom. The second kappa shape index (κ2) is 6.79. The molecule has 0 unspecified atom stereocenters. The van der Waals surface area contributed by atoms with Crippen molar-refractivity contribution < 1.29 is 0 Å². The van der Waals surface area contributed by atoms with E-state index in [-0.39, 0.29) is 6.04 Å². The largest absolute Gasteiger partial charge is 0.381 e. The molecule has 0 saturated heterocycles. The summed E-state index contributed by atoms with van der Waals surface area (Å²) in [6, 6.07) is 10.7. The van der Waals surface area contributed by atoms with Crippen molar-refractivity contribution in [3.8, 4) is 0 Å². The lowest BCUT2D eigenvalue weighted by atomic mass is 10.2. The SMILES string of the molecule is C[C@@H](Cn1cc(Br)cn1)Nc1cccc(Cn2cccn2)c1. The standard InChI is InChI=1S/C16H18BrN5/c1-13(10-22-12-15(17)9-19-22)20-16-5-2-4-14(8-16)11-21-7-3-6-18-21/h2-9,12-13,20H,10-11H2,1H3/t13-/m0/s1. The Hall–Kier alpha value is -2.08. The second-order valence-electron chi connectivity index (χ2n) is 5.33. The van der Waals surface area contributed by atoms with Gasteiger partial charge in [-0.1, -0.05) is 12.1 Å². The van der Waals surface area contributed by atoms with Gasteiger partial charge in [0.15, 0.2) is 0 Å². The minimum absolute atomic E-state index is 0.284. The highest BCUT2D eigenvalue weighted by molar-refractivity contribution is 9.10. The summed E-state index contributed by atoms with van der Waals surface area (Å²) in [7, 11) is 0. The molecular formula is C16H18BrN5. The van der Waals surface area contributed by atoms with E-state index in [9.17, 15) is 0 Å². The molecule has 5 nitrogen and oxygen atoms in total. The molecule has 2 heterocycles. The quantitative estimate of drug-likeness (QED) is 0.733. The van der Waals surface area contributed by atoms with E-state index in [1.165, 1.54) is 5.56 Å². The van der Waals surface area contributed by atoms with E-state index in [1.54, 1.807) is 12.4 Å². The highest BCUT2D eigenvalue weighted by Gasteiger charge is 2.05. The minimum Gasteiger partial charge on any atom is -0.381 e. The fourth-order valence-electron chi connectivity index (χ4n) is 2.39. The van der Waals surface area contributed by atoms with E-state index in [0.717, 1.165) is 23.2 Å². The van der Waals surface area contributed by atoms with Crippen molar-refractivity contribution >= 4 is 21.6 Å². The summed E-state index contributed by atoms with van der Waals surface area (Å²) in [6.45, 7) is 3.74. The fourth-order valence-corrected chi connectivity index (χ4v) is 2.72. The maximum Gasteiger partial charge on any atom is 0.0660 e. The molecule has 114 valence electrons. The van der Waals surface area contributed by atoms with E-state index in [4.69, 9.17) is 0 Å². The predicted octanol–water partition coefficient (Wildman–Crippen LogP) is 3.39. The number of aromatic nitrogens is 4. The number of nitrogens with zero attached hydrogens (tertiary/aromatic N) is 4. The lowest BCUT2D eigenvalue weighted by Gasteiger charge is -2.16. The van der Waals surface area contributed by atoms with Crippen LogP contribution in [0.5, 0.6) is 0 Å². The number of anilines is 1. The number of rotatable bonds is 6. The third kappa shape index (κ3) is 3.98. The topological polar surface area (TPSA) is 47.7 Å². The molecule has 1 aromatic carbocycles. The second-order valence-corrected chi connectivity index (χ2v) is 6.25. The van der Waals surface area contributed by atoms with Crippen LogP contribution in [0.4, 0.5) is 5.69 Å². The number of nitrogens with one attached hydrogen (secondary N) is 1. The van der Waals surface area contributed by atoms with Crippen LogP contribution in [0.3, 0.4) is 0 Å². The average molecular weight is 360 g/mol. The van der Waals surface area contributed by atoms with Gasteiger partial charge in [0, 0.05) is 30.3 Å². The van der Waals surface area contributed by atoms with Crippen LogP contribution in [0.15, 0.2) is 59.6 Å². The molecule has 0 bridgehead atoms. The summed E-state index contributed by atoms with van der Waals surface area (Å²) in [4.78, 5) is 0. The summed E-state index contributed by atoms with van der Waals surface area (Å²) >= 11 is 3.41. The van der Waals surface area contributed by atoms with Crippen LogP contribution in [0.25, 0.3) is 0 Å².